The van der Waals surface area contributed by atoms with Gasteiger partial charge in [-0.15, -0.1) is 23.1 Å². The van der Waals surface area contributed by atoms with Gasteiger partial charge in [0.25, 0.3) is 0 Å². The minimum Gasteiger partial charge on any atom is -0.480 e. The number of rotatable bonds is 3. The molecule has 90 valence electrons. The summed E-state index contributed by atoms with van der Waals surface area (Å²) >= 11 is 2.97. The second-order valence-corrected chi connectivity index (χ2v) is 5.68. The summed E-state index contributed by atoms with van der Waals surface area (Å²) in [5.74, 6) is -0.827. The molecule has 0 bridgehead atoms. The summed E-state index contributed by atoms with van der Waals surface area (Å²) in [6.45, 7) is 1.64. The van der Waals surface area contributed by atoms with E-state index in [-0.39, 0.29) is 12.5 Å². The lowest BCUT2D eigenvalue weighted by atomic mass is 10.2. The third kappa shape index (κ3) is 2.53. The number of amides is 1. The highest BCUT2D eigenvalue weighted by Gasteiger charge is 2.28. The number of thiophene rings is 1. The van der Waals surface area contributed by atoms with Crippen LogP contribution < -0.4 is 0 Å². The first-order valence-corrected chi connectivity index (χ1v) is 6.86. The van der Waals surface area contributed by atoms with Gasteiger partial charge in [0.15, 0.2) is 0 Å². The molecule has 1 N–H and O–H groups in total. The maximum Gasteiger partial charge on any atom is 0.323 e. The average Bonchev–Trinajstić information content (AvgIpc) is 2.76. The fourth-order valence-corrected chi connectivity index (χ4v) is 3.41. The van der Waals surface area contributed by atoms with Crippen LogP contribution in [0.25, 0.3) is 5.70 Å². The van der Waals surface area contributed by atoms with Crippen molar-refractivity contribution in [1.82, 2.24) is 4.90 Å². The smallest absolute Gasteiger partial charge is 0.323 e. The summed E-state index contributed by atoms with van der Waals surface area (Å²) in [7, 11) is 0. The fraction of sp³-hybridized carbons (Fsp3) is 0.273. The maximum atomic E-state index is 11.8. The van der Waals surface area contributed by atoms with Crippen LogP contribution in [0.5, 0.6) is 0 Å². The fourth-order valence-electron chi connectivity index (χ4n) is 1.65. The van der Waals surface area contributed by atoms with E-state index in [9.17, 15) is 9.59 Å². The highest BCUT2D eigenvalue weighted by molar-refractivity contribution is 8.03. The van der Waals surface area contributed by atoms with E-state index in [1.165, 1.54) is 28.0 Å². The summed E-state index contributed by atoms with van der Waals surface area (Å²) in [4.78, 5) is 25.9. The topological polar surface area (TPSA) is 57.6 Å². The molecular weight excluding hydrogens is 258 g/mol. The number of aliphatic carboxylic acids is 1. The molecule has 1 aliphatic heterocycles. The van der Waals surface area contributed by atoms with E-state index in [4.69, 9.17) is 5.11 Å². The number of nitrogens with zero attached hydrogens (tertiary/aromatic N) is 1. The van der Waals surface area contributed by atoms with E-state index < -0.39 is 5.97 Å². The first-order valence-electron chi connectivity index (χ1n) is 4.99. The van der Waals surface area contributed by atoms with Gasteiger partial charge < -0.3 is 5.11 Å². The van der Waals surface area contributed by atoms with Crippen LogP contribution in [0.15, 0.2) is 22.4 Å². The number of carbonyl (C=O) groups excluding carboxylic acids is 1. The van der Waals surface area contributed by atoms with Crippen LogP contribution in [0.3, 0.4) is 0 Å². The zero-order valence-corrected chi connectivity index (χ0v) is 10.8. The highest BCUT2D eigenvalue weighted by Crippen LogP contribution is 2.36. The van der Waals surface area contributed by atoms with Crippen LogP contribution in [0.2, 0.25) is 0 Å². The second-order valence-electron chi connectivity index (χ2n) is 3.54. The van der Waals surface area contributed by atoms with Crippen molar-refractivity contribution in [3.8, 4) is 0 Å². The maximum absolute atomic E-state index is 11.8. The van der Waals surface area contributed by atoms with Crippen molar-refractivity contribution in [2.24, 2.45) is 0 Å². The van der Waals surface area contributed by atoms with Crippen LogP contribution in [0.4, 0.5) is 0 Å². The molecule has 0 saturated carbocycles. The van der Waals surface area contributed by atoms with Gasteiger partial charge in [0, 0.05) is 4.91 Å². The molecule has 1 amide bonds. The van der Waals surface area contributed by atoms with Crippen LogP contribution in [-0.4, -0.2) is 34.2 Å². The normalized spacial score (nSPS) is 16.5. The zero-order chi connectivity index (χ0) is 12.4. The highest BCUT2D eigenvalue weighted by atomic mass is 32.2. The molecule has 17 heavy (non-hydrogen) atoms. The average molecular weight is 269 g/mol. The van der Waals surface area contributed by atoms with E-state index in [1.807, 2.05) is 24.4 Å². The lowest BCUT2D eigenvalue weighted by Gasteiger charge is -2.28. The molecule has 1 aliphatic rings. The van der Waals surface area contributed by atoms with E-state index in [2.05, 4.69) is 0 Å². The predicted octanol–water partition coefficient (Wildman–Crippen LogP) is 2.10. The van der Waals surface area contributed by atoms with Crippen molar-refractivity contribution >= 4 is 40.7 Å². The molecule has 2 rings (SSSR count). The monoisotopic (exact) mass is 269 g/mol. The molecule has 1 aromatic rings. The first-order chi connectivity index (χ1) is 8.09. The van der Waals surface area contributed by atoms with E-state index in [0.717, 1.165) is 15.5 Å². The zero-order valence-electron chi connectivity index (χ0n) is 9.17. The number of carboxylic acid groups (broad SMARTS) is 1. The van der Waals surface area contributed by atoms with Gasteiger partial charge >= 0.3 is 5.97 Å². The largest absolute Gasteiger partial charge is 0.480 e. The lowest BCUT2D eigenvalue weighted by molar-refractivity contribution is -0.141. The Morgan fingerprint density at radius 3 is 2.94 bits per heavy atom. The first kappa shape index (κ1) is 12.2. The van der Waals surface area contributed by atoms with Gasteiger partial charge in [0.05, 0.1) is 16.3 Å². The van der Waals surface area contributed by atoms with E-state index in [1.54, 1.807) is 0 Å². The molecule has 4 nitrogen and oxygen atoms in total. The molecule has 0 atom stereocenters. The van der Waals surface area contributed by atoms with E-state index in [0.29, 0.717) is 5.75 Å². The van der Waals surface area contributed by atoms with Crippen LogP contribution in [0.1, 0.15) is 11.8 Å². The van der Waals surface area contributed by atoms with Crippen molar-refractivity contribution < 1.29 is 14.7 Å². The number of carbonyl (C=O) groups is 2. The molecule has 0 fully saturated rings. The van der Waals surface area contributed by atoms with Crippen LogP contribution in [-0.2, 0) is 9.59 Å². The molecule has 0 radical (unpaired) electrons. The predicted molar refractivity (Wildman–Crippen MR) is 68.7 cm³/mol. The standard InChI is InChI=1S/C11H11NO3S2/c1-7-11(8-3-2-4-16-8)12(5-10(14)15)9(13)6-17-7/h2-4H,5-6H2,1H3,(H,14,15). The van der Waals surface area contributed by atoms with Gasteiger partial charge in [0.2, 0.25) is 5.91 Å². The number of carboxylic acids is 1. The Balaban J connectivity index is 2.41. The number of allylic oxidation sites excluding steroid dienone is 1. The van der Waals surface area contributed by atoms with Gasteiger partial charge in [-0.2, -0.15) is 0 Å². The molecule has 2 heterocycles. The summed E-state index contributed by atoms with van der Waals surface area (Å²) < 4.78 is 0. The molecule has 6 heteroatoms. The molecule has 0 unspecified atom stereocenters. The Hall–Kier alpha value is -1.27. The third-order valence-corrected chi connectivity index (χ3v) is 4.26. The summed E-state index contributed by atoms with van der Waals surface area (Å²) in [6.07, 6.45) is 0. The summed E-state index contributed by atoms with van der Waals surface area (Å²) in [5, 5.41) is 10.8. The van der Waals surface area contributed by atoms with Crippen molar-refractivity contribution in [2.45, 2.75) is 6.92 Å². The number of hydrogen-bond donors (Lipinski definition) is 1. The van der Waals surface area contributed by atoms with Crippen molar-refractivity contribution in [1.29, 1.82) is 0 Å². The number of thioether (sulfide) groups is 1. The third-order valence-electron chi connectivity index (χ3n) is 2.36. The van der Waals surface area contributed by atoms with Crippen LogP contribution >= 0.6 is 23.1 Å². The van der Waals surface area contributed by atoms with Crippen molar-refractivity contribution in [3.63, 3.8) is 0 Å². The molecule has 0 aliphatic carbocycles. The minimum atomic E-state index is -0.993. The van der Waals surface area contributed by atoms with Gasteiger partial charge in [-0.05, 0) is 18.4 Å². The minimum absolute atomic E-state index is 0.147. The lowest BCUT2D eigenvalue weighted by Crippen LogP contribution is -2.37. The Labute approximate surface area is 107 Å². The Kier molecular flexibility index (Phi) is 3.54. The molecular formula is C11H11NO3S2. The summed E-state index contributed by atoms with van der Waals surface area (Å²) in [6, 6.07) is 3.79. The second kappa shape index (κ2) is 4.93. The molecule has 1 aromatic heterocycles. The quantitative estimate of drug-likeness (QED) is 0.913. The van der Waals surface area contributed by atoms with Crippen molar-refractivity contribution in [2.75, 3.05) is 12.3 Å². The molecule has 0 spiro atoms. The Bertz CT molecular complexity index is 479. The number of hydrogen-bond acceptors (Lipinski definition) is 4. The van der Waals surface area contributed by atoms with Crippen LogP contribution in [0, 0.1) is 0 Å². The van der Waals surface area contributed by atoms with Gasteiger partial charge in [-0.1, -0.05) is 6.07 Å². The van der Waals surface area contributed by atoms with Crippen molar-refractivity contribution in [3.05, 3.63) is 27.3 Å². The molecule has 0 aromatic carbocycles. The van der Waals surface area contributed by atoms with Gasteiger partial charge in [-0.25, -0.2) is 0 Å². The molecule has 0 saturated heterocycles. The van der Waals surface area contributed by atoms with Gasteiger partial charge in [-0.3, -0.25) is 14.5 Å². The van der Waals surface area contributed by atoms with E-state index >= 15 is 0 Å². The SMILES string of the molecule is CC1=C(c2cccs2)N(CC(=O)O)C(=O)CS1. The Morgan fingerprint density at radius 1 is 1.59 bits per heavy atom. The Morgan fingerprint density at radius 2 is 2.35 bits per heavy atom. The summed E-state index contributed by atoms with van der Waals surface area (Å²) in [5.41, 5.74) is 0.739. The van der Waals surface area contributed by atoms with Gasteiger partial charge in [0.1, 0.15) is 6.54 Å².